The number of hydrogen-bond acceptors (Lipinski definition) is 3. The summed E-state index contributed by atoms with van der Waals surface area (Å²) in [6, 6.07) is 8.24. The molecule has 0 atom stereocenters. The average Bonchev–Trinajstić information content (AvgIpc) is 2.34. The van der Waals surface area contributed by atoms with Crippen LogP contribution in [0.3, 0.4) is 0 Å². The molecule has 1 amide bonds. The quantitative estimate of drug-likeness (QED) is 0.905. The molecule has 6 heteroatoms. The molecule has 1 heterocycles. The molecule has 19 heavy (non-hydrogen) atoms. The van der Waals surface area contributed by atoms with Gasteiger partial charge < -0.3 is 10.6 Å². The normalized spacial score (nSPS) is 10.1. The van der Waals surface area contributed by atoms with Crippen molar-refractivity contribution in [2.24, 2.45) is 0 Å². The van der Waals surface area contributed by atoms with Gasteiger partial charge in [-0.2, -0.15) is 0 Å². The molecule has 0 saturated heterocycles. The number of carbonyl (C=O) groups is 1. The second-order valence-corrected chi connectivity index (χ2v) is 4.78. The second kappa shape index (κ2) is 5.79. The number of amides is 1. The van der Waals surface area contributed by atoms with Crippen LogP contribution in [0.2, 0.25) is 0 Å². The number of aromatic nitrogens is 1. The first-order chi connectivity index (χ1) is 9.04. The van der Waals surface area contributed by atoms with E-state index in [1.54, 1.807) is 24.3 Å². The number of halogens is 2. The van der Waals surface area contributed by atoms with Gasteiger partial charge in [0.15, 0.2) is 11.6 Å². The van der Waals surface area contributed by atoms with Crippen molar-refractivity contribution in [3.05, 3.63) is 46.8 Å². The highest BCUT2D eigenvalue weighted by atomic mass is 79.9. The fraction of sp³-hybridized carbons (Fsp3) is 0.0769. The Morgan fingerprint density at radius 1 is 1.26 bits per heavy atom. The summed E-state index contributed by atoms with van der Waals surface area (Å²) in [6.07, 6.45) is 1.51. The predicted octanol–water partition coefficient (Wildman–Crippen LogP) is 3.69. The van der Waals surface area contributed by atoms with Crippen molar-refractivity contribution < 1.29 is 9.18 Å². The molecule has 2 N–H and O–H groups in total. The first kappa shape index (κ1) is 13.5. The highest BCUT2D eigenvalue weighted by Crippen LogP contribution is 2.21. The lowest BCUT2D eigenvalue weighted by Gasteiger charge is -2.08. The second-order valence-electron chi connectivity index (χ2n) is 3.87. The molecule has 0 unspecified atom stereocenters. The maximum absolute atomic E-state index is 13.6. The fourth-order valence-corrected chi connectivity index (χ4v) is 1.79. The van der Waals surface area contributed by atoms with Crippen LogP contribution in [0.1, 0.15) is 6.92 Å². The Hall–Kier alpha value is -1.95. The molecule has 98 valence electrons. The molecule has 1 aromatic carbocycles. The lowest BCUT2D eigenvalue weighted by atomic mass is 10.2. The van der Waals surface area contributed by atoms with E-state index in [9.17, 15) is 9.18 Å². The Bertz CT molecular complexity index is 601. The first-order valence-corrected chi connectivity index (χ1v) is 6.29. The van der Waals surface area contributed by atoms with Crippen LogP contribution in [-0.4, -0.2) is 10.9 Å². The summed E-state index contributed by atoms with van der Waals surface area (Å²) in [5.41, 5.74) is 1.37. The Balaban J connectivity index is 2.13. The van der Waals surface area contributed by atoms with Crippen molar-refractivity contribution in [1.29, 1.82) is 0 Å². The van der Waals surface area contributed by atoms with Crippen LogP contribution >= 0.6 is 15.9 Å². The van der Waals surface area contributed by atoms with Crippen LogP contribution in [0.5, 0.6) is 0 Å². The molecule has 0 saturated carbocycles. The molecule has 0 radical (unpaired) electrons. The zero-order chi connectivity index (χ0) is 13.8. The minimum atomic E-state index is -0.444. The third kappa shape index (κ3) is 3.75. The Morgan fingerprint density at radius 2 is 1.89 bits per heavy atom. The van der Waals surface area contributed by atoms with Crippen molar-refractivity contribution >= 4 is 39.0 Å². The van der Waals surface area contributed by atoms with Gasteiger partial charge in [-0.25, -0.2) is 9.37 Å². The lowest BCUT2D eigenvalue weighted by Crippen LogP contribution is -2.05. The molecule has 1 aromatic heterocycles. The average molecular weight is 324 g/mol. The van der Waals surface area contributed by atoms with E-state index in [1.165, 1.54) is 19.2 Å². The van der Waals surface area contributed by atoms with Crippen molar-refractivity contribution in [3.8, 4) is 0 Å². The van der Waals surface area contributed by atoms with Gasteiger partial charge >= 0.3 is 0 Å². The fourth-order valence-electron chi connectivity index (χ4n) is 1.48. The van der Waals surface area contributed by atoms with Crippen molar-refractivity contribution in [3.63, 3.8) is 0 Å². The number of nitrogens with zero attached hydrogens (tertiary/aromatic N) is 1. The van der Waals surface area contributed by atoms with E-state index in [2.05, 4.69) is 31.5 Å². The number of anilines is 3. The molecule has 4 nitrogen and oxygen atoms in total. The number of nitrogens with one attached hydrogen (secondary N) is 2. The van der Waals surface area contributed by atoms with Gasteiger partial charge in [0.05, 0.1) is 0 Å². The molecule has 0 spiro atoms. The summed E-state index contributed by atoms with van der Waals surface area (Å²) in [4.78, 5) is 14.8. The molecule has 0 fully saturated rings. The molecular weight excluding hydrogens is 313 g/mol. The summed E-state index contributed by atoms with van der Waals surface area (Å²) < 4.78 is 14.2. The van der Waals surface area contributed by atoms with Gasteiger partial charge in [0.1, 0.15) is 0 Å². The summed E-state index contributed by atoms with van der Waals surface area (Å²) in [5.74, 6) is -0.433. The van der Waals surface area contributed by atoms with Crippen molar-refractivity contribution in [1.82, 2.24) is 4.98 Å². The third-order valence-electron chi connectivity index (χ3n) is 2.28. The Kier molecular flexibility index (Phi) is 4.11. The van der Waals surface area contributed by atoms with E-state index in [1.807, 2.05) is 0 Å². The van der Waals surface area contributed by atoms with E-state index in [-0.39, 0.29) is 11.7 Å². The van der Waals surface area contributed by atoms with Gasteiger partial charge in [-0.05, 0) is 46.3 Å². The number of benzene rings is 1. The number of rotatable bonds is 3. The number of carbonyl (C=O) groups excluding carboxylic acids is 1. The van der Waals surface area contributed by atoms with Gasteiger partial charge in [0, 0.05) is 29.0 Å². The first-order valence-electron chi connectivity index (χ1n) is 5.50. The monoisotopic (exact) mass is 323 g/mol. The largest absolute Gasteiger partial charge is 0.338 e. The van der Waals surface area contributed by atoms with E-state index < -0.39 is 5.82 Å². The molecular formula is C13H11BrFN3O. The van der Waals surface area contributed by atoms with Crippen LogP contribution in [0.25, 0.3) is 0 Å². The van der Waals surface area contributed by atoms with Gasteiger partial charge in [0.25, 0.3) is 0 Å². The minimum absolute atomic E-state index is 0.138. The van der Waals surface area contributed by atoms with Gasteiger partial charge in [-0.1, -0.05) is 0 Å². The molecule has 0 aliphatic heterocycles. The van der Waals surface area contributed by atoms with Crippen LogP contribution in [0.4, 0.5) is 21.6 Å². The standard InChI is InChI=1S/C13H11BrFN3O/c1-8(19)17-10-2-4-11(5-3-10)18-13-12(15)6-9(14)7-16-13/h2-7H,1H3,(H,16,18)(H,17,19). The Labute approximate surface area is 118 Å². The zero-order valence-electron chi connectivity index (χ0n) is 10.1. The Morgan fingerprint density at radius 3 is 2.47 bits per heavy atom. The topological polar surface area (TPSA) is 54.0 Å². The minimum Gasteiger partial charge on any atom is -0.338 e. The summed E-state index contributed by atoms with van der Waals surface area (Å²) in [5, 5.41) is 5.51. The van der Waals surface area contributed by atoms with Crippen LogP contribution in [-0.2, 0) is 4.79 Å². The van der Waals surface area contributed by atoms with E-state index in [0.29, 0.717) is 15.8 Å². The summed E-state index contributed by atoms with van der Waals surface area (Å²) in [7, 11) is 0. The molecule has 0 bridgehead atoms. The smallest absolute Gasteiger partial charge is 0.221 e. The molecule has 0 aliphatic rings. The molecule has 2 aromatic rings. The molecule has 0 aliphatic carbocycles. The van der Waals surface area contributed by atoms with Crippen molar-refractivity contribution in [2.45, 2.75) is 6.92 Å². The summed E-state index contributed by atoms with van der Waals surface area (Å²) in [6.45, 7) is 1.44. The van der Waals surface area contributed by atoms with E-state index in [0.717, 1.165) is 0 Å². The van der Waals surface area contributed by atoms with E-state index in [4.69, 9.17) is 0 Å². The van der Waals surface area contributed by atoms with Crippen molar-refractivity contribution in [2.75, 3.05) is 10.6 Å². The summed E-state index contributed by atoms with van der Waals surface area (Å²) >= 11 is 3.14. The SMILES string of the molecule is CC(=O)Nc1ccc(Nc2ncc(Br)cc2F)cc1. The van der Waals surface area contributed by atoms with Gasteiger partial charge in [-0.3, -0.25) is 4.79 Å². The predicted molar refractivity (Wildman–Crippen MR) is 75.9 cm³/mol. The van der Waals surface area contributed by atoms with Crippen LogP contribution in [0.15, 0.2) is 41.0 Å². The maximum Gasteiger partial charge on any atom is 0.221 e. The van der Waals surface area contributed by atoms with Gasteiger partial charge in [-0.15, -0.1) is 0 Å². The van der Waals surface area contributed by atoms with E-state index >= 15 is 0 Å². The molecule has 2 rings (SSSR count). The van der Waals surface area contributed by atoms with Crippen LogP contribution in [0, 0.1) is 5.82 Å². The highest BCUT2D eigenvalue weighted by molar-refractivity contribution is 9.10. The lowest BCUT2D eigenvalue weighted by molar-refractivity contribution is -0.114. The number of pyridine rings is 1. The van der Waals surface area contributed by atoms with Crippen LogP contribution < -0.4 is 10.6 Å². The third-order valence-corrected chi connectivity index (χ3v) is 2.71. The van der Waals surface area contributed by atoms with Gasteiger partial charge in [0.2, 0.25) is 5.91 Å². The number of hydrogen-bond donors (Lipinski definition) is 2. The maximum atomic E-state index is 13.6. The highest BCUT2D eigenvalue weighted by Gasteiger charge is 2.04. The zero-order valence-corrected chi connectivity index (χ0v) is 11.7.